The quantitative estimate of drug-likeness (QED) is 0.222. The van der Waals surface area contributed by atoms with E-state index in [4.69, 9.17) is 33.5 Å². The van der Waals surface area contributed by atoms with Crippen LogP contribution in [0.2, 0.25) is 0 Å². The van der Waals surface area contributed by atoms with Gasteiger partial charge in [-0.1, -0.05) is 26.0 Å². The summed E-state index contributed by atoms with van der Waals surface area (Å²) in [4.78, 5) is 23.9. The van der Waals surface area contributed by atoms with Crippen molar-refractivity contribution in [1.82, 2.24) is 9.62 Å². The molecule has 3 aliphatic heterocycles. The van der Waals surface area contributed by atoms with E-state index in [1.165, 1.54) is 22.5 Å². The minimum absolute atomic E-state index is 0.000950. The molecule has 47 heavy (non-hydrogen) atoms. The summed E-state index contributed by atoms with van der Waals surface area (Å²) in [5.41, 5.74) is 0.731. The van der Waals surface area contributed by atoms with Crippen LogP contribution in [-0.4, -0.2) is 99.2 Å². The van der Waals surface area contributed by atoms with E-state index in [-0.39, 0.29) is 62.7 Å². The molecule has 5 rings (SSSR count). The van der Waals surface area contributed by atoms with Crippen molar-refractivity contribution in [2.75, 3.05) is 39.7 Å². The maximum absolute atomic E-state index is 13.9. The van der Waals surface area contributed by atoms with E-state index in [2.05, 4.69) is 5.32 Å². The highest BCUT2D eigenvalue weighted by Gasteiger charge is 2.44. The van der Waals surface area contributed by atoms with Crippen LogP contribution in [-0.2, 0) is 35.4 Å². The van der Waals surface area contributed by atoms with Crippen LogP contribution in [0, 0.1) is 11.8 Å². The van der Waals surface area contributed by atoms with E-state index in [0.717, 1.165) is 5.56 Å². The van der Waals surface area contributed by atoms with Crippen LogP contribution >= 0.6 is 0 Å². The third-order valence-electron chi connectivity index (χ3n) is 8.14. The van der Waals surface area contributed by atoms with Gasteiger partial charge < -0.3 is 44.0 Å². The lowest BCUT2D eigenvalue weighted by atomic mass is 10.0. The van der Waals surface area contributed by atoms with Gasteiger partial charge in [0.1, 0.15) is 11.9 Å². The number of carboxylic acids is 1. The van der Waals surface area contributed by atoms with Crippen molar-refractivity contribution < 1.29 is 56.6 Å². The number of hydrogen-bond acceptors (Lipinski definition) is 11. The number of benzene rings is 2. The van der Waals surface area contributed by atoms with Crippen molar-refractivity contribution >= 4 is 22.1 Å². The molecule has 0 radical (unpaired) electrons. The second-order valence-corrected chi connectivity index (χ2v) is 14.1. The van der Waals surface area contributed by atoms with Gasteiger partial charge in [0.05, 0.1) is 42.8 Å². The predicted octanol–water partition coefficient (Wildman–Crippen LogP) is 2.77. The number of nitrogens with zero attached hydrogens (tertiary/aromatic N) is 1. The van der Waals surface area contributed by atoms with Crippen molar-refractivity contribution in [3.05, 3.63) is 48.0 Å². The molecule has 3 heterocycles. The monoisotopic (exact) mass is 678 g/mol. The Bertz CT molecular complexity index is 1490. The summed E-state index contributed by atoms with van der Waals surface area (Å²) in [6, 6.07) is 10.4. The number of aliphatic hydroxyl groups is 1. The van der Waals surface area contributed by atoms with Crippen LogP contribution in [0.3, 0.4) is 0 Å². The van der Waals surface area contributed by atoms with Crippen LogP contribution in [0.5, 0.6) is 17.2 Å². The van der Waals surface area contributed by atoms with E-state index in [1.54, 1.807) is 24.3 Å². The first kappa shape index (κ1) is 34.7. The zero-order valence-corrected chi connectivity index (χ0v) is 27.2. The Morgan fingerprint density at radius 3 is 2.57 bits per heavy atom. The fraction of sp³-hybridized carbons (Fsp3) is 0.562. The molecule has 2 fully saturated rings. The second-order valence-electron chi connectivity index (χ2n) is 12.2. The van der Waals surface area contributed by atoms with Gasteiger partial charge in [-0.05, 0) is 55.0 Å². The van der Waals surface area contributed by atoms with Crippen LogP contribution in [0.25, 0.3) is 0 Å². The zero-order valence-electron chi connectivity index (χ0n) is 26.4. The highest BCUT2D eigenvalue weighted by atomic mass is 32.2. The van der Waals surface area contributed by atoms with Gasteiger partial charge in [-0.3, -0.25) is 4.79 Å². The number of aliphatic carboxylic acids is 1. The number of carbonyl (C=O) groups is 2. The number of hydrogen-bond donors (Lipinski definition) is 3. The minimum Gasteiger partial charge on any atom is -0.494 e. The summed E-state index contributed by atoms with van der Waals surface area (Å²) in [6.45, 7) is 4.49. The molecule has 258 valence electrons. The molecule has 15 heteroatoms. The van der Waals surface area contributed by atoms with Crippen molar-refractivity contribution in [1.29, 1.82) is 0 Å². The van der Waals surface area contributed by atoms with Crippen LogP contribution in [0.15, 0.2) is 47.4 Å². The highest BCUT2D eigenvalue weighted by molar-refractivity contribution is 7.89. The van der Waals surface area contributed by atoms with Crippen molar-refractivity contribution in [2.24, 2.45) is 11.8 Å². The second kappa shape index (κ2) is 15.5. The average Bonchev–Trinajstić information content (AvgIpc) is 3.78. The molecule has 0 aliphatic carbocycles. The number of nitrogens with one attached hydrogen (secondary N) is 1. The fourth-order valence-electron chi connectivity index (χ4n) is 5.74. The summed E-state index contributed by atoms with van der Waals surface area (Å²) in [6.07, 6.45) is -1.82. The van der Waals surface area contributed by atoms with Gasteiger partial charge in [-0.2, -0.15) is 4.31 Å². The lowest BCUT2D eigenvalue weighted by Gasteiger charge is -2.31. The number of amides is 1. The van der Waals surface area contributed by atoms with Gasteiger partial charge in [0, 0.05) is 25.6 Å². The third kappa shape index (κ3) is 9.05. The largest absolute Gasteiger partial charge is 0.494 e. The van der Waals surface area contributed by atoms with Gasteiger partial charge >= 0.3 is 12.1 Å². The molecular weight excluding hydrogens is 636 g/mol. The highest BCUT2D eigenvalue weighted by Crippen LogP contribution is 2.35. The first-order valence-corrected chi connectivity index (χ1v) is 17.2. The van der Waals surface area contributed by atoms with Crippen LogP contribution < -0.4 is 19.5 Å². The molecule has 5 atom stereocenters. The number of alkyl carbamates (subject to hydrolysis) is 1. The predicted molar refractivity (Wildman–Crippen MR) is 166 cm³/mol. The lowest BCUT2D eigenvalue weighted by Crippen LogP contribution is -2.51. The first-order valence-electron chi connectivity index (χ1n) is 15.7. The molecule has 2 aromatic carbocycles. The molecule has 3 N–H and O–H groups in total. The summed E-state index contributed by atoms with van der Waals surface area (Å²) in [7, 11) is -4.09. The Hall–Kier alpha value is -3.63. The van der Waals surface area contributed by atoms with E-state index in [1.807, 2.05) is 13.8 Å². The number of aliphatic hydroxyl groups excluding tert-OH is 1. The lowest BCUT2D eigenvalue weighted by molar-refractivity contribution is -0.137. The number of ether oxygens (including phenoxy) is 6. The Morgan fingerprint density at radius 1 is 1.06 bits per heavy atom. The van der Waals surface area contributed by atoms with E-state index in [0.29, 0.717) is 36.7 Å². The summed E-state index contributed by atoms with van der Waals surface area (Å²) in [5.74, 6) is 0.249. The SMILES string of the molecule is CC(C)CN(CC(O)C(Cc1ccc(OCCCC(=O)O)cc1)NC(=O)OC1COC2OCCC12)S(=O)(=O)c1ccc2c(c1)OCO2. The normalized spacial score (nSPS) is 21.4. The number of carboxylic acid groups (broad SMARTS) is 1. The molecule has 0 spiro atoms. The molecule has 3 aliphatic rings. The zero-order chi connectivity index (χ0) is 33.6. The van der Waals surface area contributed by atoms with E-state index >= 15 is 0 Å². The number of sulfonamides is 1. The smallest absolute Gasteiger partial charge is 0.407 e. The van der Waals surface area contributed by atoms with Crippen molar-refractivity contribution in [3.63, 3.8) is 0 Å². The van der Waals surface area contributed by atoms with Gasteiger partial charge in [-0.15, -0.1) is 0 Å². The molecule has 0 bridgehead atoms. The number of carbonyl (C=O) groups excluding carboxylic acids is 1. The maximum Gasteiger partial charge on any atom is 0.407 e. The Kier molecular flexibility index (Phi) is 11.5. The average molecular weight is 679 g/mol. The topological polar surface area (TPSA) is 179 Å². The van der Waals surface area contributed by atoms with E-state index < -0.39 is 46.6 Å². The summed E-state index contributed by atoms with van der Waals surface area (Å²) < 4.78 is 62.1. The summed E-state index contributed by atoms with van der Waals surface area (Å²) >= 11 is 0. The molecule has 2 saturated heterocycles. The number of rotatable bonds is 16. The van der Waals surface area contributed by atoms with Crippen molar-refractivity contribution in [3.8, 4) is 17.2 Å². The van der Waals surface area contributed by atoms with Gasteiger partial charge in [0.15, 0.2) is 17.8 Å². The Morgan fingerprint density at radius 2 is 1.83 bits per heavy atom. The Labute approximate surface area is 273 Å². The molecule has 0 aromatic heterocycles. The first-order chi connectivity index (χ1) is 22.5. The fourth-order valence-corrected chi connectivity index (χ4v) is 7.38. The maximum atomic E-state index is 13.9. The Balaban J connectivity index is 1.31. The molecule has 2 aromatic rings. The van der Waals surface area contributed by atoms with Gasteiger partial charge in [0.25, 0.3) is 0 Å². The number of fused-ring (bicyclic) bond motifs is 2. The van der Waals surface area contributed by atoms with Gasteiger partial charge in [0.2, 0.25) is 16.8 Å². The van der Waals surface area contributed by atoms with Gasteiger partial charge in [-0.25, -0.2) is 13.2 Å². The molecular formula is C32H42N2O12S. The molecule has 0 saturated carbocycles. The summed E-state index contributed by atoms with van der Waals surface area (Å²) in [5, 5.41) is 23.2. The van der Waals surface area contributed by atoms with Crippen LogP contribution in [0.1, 0.15) is 38.7 Å². The minimum atomic E-state index is -4.09. The molecule has 5 unspecified atom stereocenters. The van der Waals surface area contributed by atoms with Crippen molar-refractivity contribution in [2.45, 2.75) is 69.0 Å². The van der Waals surface area contributed by atoms with E-state index in [9.17, 15) is 23.1 Å². The third-order valence-corrected chi connectivity index (χ3v) is 9.96. The van der Waals surface area contributed by atoms with Crippen LogP contribution in [0.4, 0.5) is 4.79 Å². The molecule has 14 nitrogen and oxygen atoms in total. The molecule has 1 amide bonds. The standard InChI is InChI=1S/C32H42N2O12S/c1-20(2)16-34(47(39,40)23-9-10-27-28(15-23)45-19-44-27)17-26(35)25(33-32(38)46-29-18-43-31-24(29)11-13-42-31)14-21-5-7-22(8-6-21)41-12-3-4-30(36)37/h5-10,15,20,24-26,29,31,35H,3-4,11-14,16-19H2,1-2H3,(H,33,38)(H,36,37).